The fraction of sp³-hybridized carbons (Fsp3) is 0.0833. The molecule has 3 rings (SSSR count). The van der Waals surface area contributed by atoms with Gasteiger partial charge in [-0.05, 0) is 57.4 Å². The lowest BCUT2D eigenvalue weighted by Crippen LogP contribution is -2.16. The Kier molecular flexibility index (Phi) is 7.45. The molecule has 2 amide bonds. The lowest BCUT2D eigenvalue weighted by Gasteiger charge is -2.13. The summed E-state index contributed by atoms with van der Waals surface area (Å²) in [6, 6.07) is 20.0. The van der Waals surface area contributed by atoms with Gasteiger partial charge in [-0.3, -0.25) is 9.59 Å². The number of rotatable bonds is 8. The Balaban J connectivity index is 1.73. The Labute approximate surface area is 188 Å². The number of ether oxygens (including phenoxy) is 2. The summed E-state index contributed by atoms with van der Waals surface area (Å²) in [5, 5.41) is 2.66. The SMILES string of the molecule is COc1cc(C=CC(=O)Nc2ccccc2C(N)=O)cc(Br)c1OCc1ccccc1. The number of anilines is 1. The first-order valence-corrected chi connectivity index (χ1v) is 10.2. The molecule has 7 heteroatoms. The molecule has 0 spiro atoms. The van der Waals surface area contributed by atoms with E-state index in [1.54, 1.807) is 43.5 Å². The Bertz CT molecular complexity index is 1110. The molecule has 0 radical (unpaired) electrons. The summed E-state index contributed by atoms with van der Waals surface area (Å²) in [5.74, 6) is 0.0978. The second-order valence-electron chi connectivity index (χ2n) is 6.54. The number of nitrogens with one attached hydrogen (secondary N) is 1. The van der Waals surface area contributed by atoms with Crippen LogP contribution in [0.25, 0.3) is 6.08 Å². The third-order valence-electron chi connectivity index (χ3n) is 4.36. The van der Waals surface area contributed by atoms with Crippen molar-refractivity contribution in [1.82, 2.24) is 0 Å². The summed E-state index contributed by atoms with van der Waals surface area (Å²) < 4.78 is 12.1. The highest BCUT2D eigenvalue weighted by Crippen LogP contribution is 2.37. The van der Waals surface area contributed by atoms with Crippen molar-refractivity contribution in [3.63, 3.8) is 0 Å². The zero-order valence-corrected chi connectivity index (χ0v) is 18.4. The van der Waals surface area contributed by atoms with Gasteiger partial charge in [0, 0.05) is 6.08 Å². The first-order chi connectivity index (χ1) is 15.0. The quantitative estimate of drug-likeness (QED) is 0.453. The van der Waals surface area contributed by atoms with Crippen LogP contribution in [0.5, 0.6) is 11.5 Å². The monoisotopic (exact) mass is 480 g/mol. The first kappa shape index (κ1) is 22.1. The molecule has 0 saturated carbocycles. The second kappa shape index (κ2) is 10.4. The molecule has 0 heterocycles. The molecule has 0 aliphatic heterocycles. The number of primary amides is 1. The van der Waals surface area contributed by atoms with Crippen LogP contribution in [0.15, 0.2) is 77.3 Å². The summed E-state index contributed by atoms with van der Waals surface area (Å²) in [7, 11) is 1.55. The third kappa shape index (κ3) is 5.96. The maximum atomic E-state index is 12.3. The molecule has 0 saturated heterocycles. The molecule has 3 aromatic rings. The van der Waals surface area contributed by atoms with Gasteiger partial charge in [0.05, 0.1) is 22.8 Å². The summed E-state index contributed by atoms with van der Waals surface area (Å²) >= 11 is 3.51. The third-order valence-corrected chi connectivity index (χ3v) is 4.94. The van der Waals surface area contributed by atoms with E-state index in [0.29, 0.717) is 28.3 Å². The fourth-order valence-corrected chi connectivity index (χ4v) is 3.43. The summed E-state index contributed by atoms with van der Waals surface area (Å²) in [5.41, 5.74) is 7.71. The molecule has 6 nitrogen and oxygen atoms in total. The molecule has 3 N–H and O–H groups in total. The molecule has 0 aliphatic rings. The molecule has 158 valence electrons. The molecular formula is C24H21BrN2O4. The molecule has 0 bridgehead atoms. The number of para-hydroxylation sites is 1. The summed E-state index contributed by atoms with van der Waals surface area (Å²) in [4.78, 5) is 23.8. The number of carbonyl (C=O) groups excluding carboxylic acids is 2. The average Bonchev–Trinajstić information content (AvgIpc) is 2.77. The Morgan fingerprint density at radius 1 is 1.06 bits per heavy atom. The smallest absolute Gasteiger partial charge is 0.250 e. The van der Waals surface area contributed by atoms with Gasteiger partial charge in [0.25, 0.3) is 5.91 Å². The van der Waals surface area contributed by atoms with E-state index in [1.807, 2.05) is 36.4 Å². The van der Waals surface area contributed by atoms with Gasteiger partial charge in [-0.15, -0.1) is 0 Å². The van der Waals surface area contributed by atoms with Crippen molar-refractivity contribution in [3.8, 4) is 11.5 Å². The Hall–Kier alpha value is -3.58. The second-order valence-corrected chi connectivity index (χ2v) is 7.40. The maximum absolute atomic E-state index is 12.3. The van der Waals surface area contributed by atoms with Crippen LogP contribution in [-0.4, -0.2) is 18.9 Å². The highest BCUT2D eigenvalue weighted by atomic mass is 79.9. The van der Waals surface area contributed by atoms with Crippen LogP contribution < -0.4 is 20.5 Å². The van der Waals surface area contributed by atoms with Crippen molar-refractivity contribution >= 4 is 39.5 Å². The van der Waals surface area contributed by atoms with Crippen molar-refractivity contribution in [2.24, 2.45) is 5.73 Å². The number of nitrogens with two attached hydrogens (primary N) is 1. The Morgan fingerprint density at radius 2 is 1.77 bits per heavy atom. The Morgan fingerprint density at radius 3 is 2.48 bits per heavy atom. The number of amides is 2. The molecule has 3 aromatic carbocycles. The highest BCUT2D eigenvalue weighted by molar-refractivity contribution is 9.10. The van der Waals surface area contributed by atoms with E-state index < -0.39 is 11.8 Å². The van der Waals surface area contributed by atoms with E-state index in [1.165, 1.54) is 6.08 Å². The topological polar surface area (TPSA) is 90.6 Å². The van der Waals surface area contributed by atoms with E-state index in [2.05, 4.69) is 21.2 Å². The van der Waals surface area contributed by atoms with Crippen LogP contribution in [-0.2, 0) is 11.4 Å². The van der Waals surface area contributed by atoms with E-state index in [-0.39, 0.29) is 5.56 Å². The van der Waals surface area contributed by atoms with Gasteiger partial charge in [-0.2, -0.15) is 0 Å². The lowest BCUT2D eigenvalue weighted by atomic mass is 10.1. The minimum absolute atomic E-state index is 0.244. The largest absolute Gasteiger partial charge is 0.493 e. The van der Waals surface area contributed by atoms with Crippen LogP contribution in [0.2, 0.25) is 0 Å². The van der Waals surface area contributed by atoms with Gasteiger partial charge < -0.3 is 20.5 Å². The van der Waals surface area contributed by atoms with E-state index in [9.17, 15) is 9.59 Å². The van der Waals surface area contributed by atoms with E-state index >= 15 is 0 Å². The van der Waals surface area contributed by atoms with Gasteiger partial charge in [0.2, 0.25) is 5.91 Å². The van der Waals surface area contributed by atoms with Crippen molar-refractivity contribution < 1.29 is 19.1 Å². The van der Waals surface area contributed by atoms with Crippen LogP contribution in [0.1, 0.15) is 21.5 Å². The van der Waals surface area contributed by atoms with Gasteiger partial charge in [-0.25, -0.2) is 0 Å². The molecule has 0 aliphatic carbocycles. The summed E-state index contributed by atoms with van der Waals surface area (Å²) in [6.45, 7) is 0.395. The lowest BCUT2D eigenvalue weighted by molar-refractivity contribution is -0.111. The van der Waals surface area contributed by atoms with Gasteiger partial charge in [-0.1, -0.05) is 42.5 Å². The van der Waals surface area contributed by atoms with Crippen LogP contribution >= 0.6 is 15.9 Å². The summed E-state index contributed by atoms with van der Waals surface area (Å²) in [6.07, 6.45) is 3.00. The highest BCUT2D eigenvalue weighted by Gasteiger charge is 2.12. The predicted octanol–water partition coefficient (Wildman–Crippen LogP) is 4.79. The normalized spacial score (nSPS) is 10.6. The number of carbonyl (C=O) groups is 2. The molecule has 0 unspecified atom stereocenters. The molecule has 0 aromatic heterocycles. The van der Waals surface area contributed by atoms with Crippen molar-refractivity contribution in [1.29, 1.82) is 0 Å². The number of hydrogen-bond donors (Lipinski definition) is 2. The van der Waals surface area contributed by atoms with Crippen LogP contribution in [0.4, 0.5) is 5.69 Å². The van der Waals surface area contributed by atoms with Gasteiger partial charge >= 0.3 is 0 Å². The fourth-order valence-electron chi connectivity index (χ4n) is 2.86. The van der Waals surface area contributed by atoms with Crippen molar-refractivity contribution in [2.45, 2.75) is 6.61 Å². The van der Waals surface area contributed by atoms with Gasteiger partial charge in [0.1, 0.15) is 6.61 Å². The zero-order chi connectivity index (χ0) is 22.2. The molecular weight excluding hydrogens is 460 g/mol. The van der Waals surface area contributed by atoms with Crippen LogP contribution in [0.3, 0.4) is 0 Å². The van der Waals surface area contributed by atoms with Crippen LogP contribution in [0, 0.1) is 0 Å². The minimum atomic E-state index is -0.611. The van der Waals surface area contributed by atoms with Gasteiger partial charge in [0.15, 0.2) is 11.5 Å². The first-order valence-electron chi connectivity index (χ1n) is 9.40. The number of benzene rings is 3. The number of halogens is 1. The standard InChI is InChI=1S/C24H21BrN2O4/c1-30-21-14-17(13-19(25)23(21)31-15-16-7-3-2-4-8-16)11-12-22(28)27-20-10-6-5-9-18(20)24(26)29/h2-14H,15H2,1H3,(H2,26,29)(H,27,28). The zero-order valence-electron chi connectivity index (χ0n) is 16.8. The molecule has 31 heavy (non-hydrogen) atoms. The van der Waals surface area contributed by atoms with E-state index in [0.717, 1.165) is 11.1 Å². The molecule has 0 atom stereocenters. The average molecular weight is 481 g/mol. The maximum Gasteiger partial charge on any atom is 0.250 e. The molecule has 0 fully saturated rings. The van der Waals surface area contributed by atoms with E-state index in [4.69, 9.17) is 15.2 Å². The van der Waals surface area contributed by atoms with Crippen molar-refractivity contribution in [2.75, 3.05) is 12.4 Å². The van der Waals surface area contributed by atoms with Crippen molar-refractivity contribution in [3.05, 3.63) is 94.0 Å². The minimum Gasteiger partial charge on any atom is -0.493 e. The number of hydrogen-bond acceptors (Lipinski definition) is 4. The number of methoxy groups -OCH3 is 1. The predicted molar refractivity (Wildman–Crippen MR) is 124 cm³/mol.